The first-order valence-corrected chi connectivity index (χ1v) is 7.17. The van der Waals surface area contributed by atoms with E-state index in [2.05, 4.69) is 9.88 Å². The molecule has 0 bridgehead atoms. The van der Waals surface area contributed by atoms with Crippen molar-refractivity contribution in [2.75, 3.05) is 13.1 Å². The fraction of sp³-hybridized carbons (Fsp3) is 0.312. The summed E-state index contributed by atoms with van der Waals surface area (Å²) >= 11 is 0. The topological polar surface area (TPSA) is 25.4 Å². The molecule has 118 valence electrons. The van der Waals surface area contributed by atoms with Gasteiger partial charge in [-0.3, -0.25) is 4.90 Å². The van der Waals surface area contributed by atoms with Gasteiger partial charge in [0.15, 0.2) is 0 Å². The van der Waals surface area contributed by atoms with Gasteiger partial charge in [0.05, 0.1) is 5.56 Å². The van der Waals surface area contributed by atoms with E-state index in [4.69, 9.17) is 12.6 Å². The van der Waals surface area contributed by atoms with E-state index >= 15 is 0 Å². The maximum Gasteiger partial charge on any atom is 0.416 e. The Labute approximate surface area is 133 Å². The fourth-order valence-electron chi connectivity index (χ4n) is 2.42. The highest BCUT2D eigenvalue weighted by Crippen LogP contribution is 2.29. The second-order valence-electron chi connectivity index (χ2n) is 5.56. The summed E-state index contributed by atoms with van der Waals surface area (Å²) in [6, 6.07) is 8.69. The van der Waals surface area contributed by atoms with Gasteiger partial charge in [0, 0.05) is 25.8 Å². The third-order valence-electron chi connectivity index (χ3n) is 3.66. The van der Waals surface area contributed by atoms with Gasteiger partial charge in [-0.05, 0) is 23.8 Å². The summed E-state index contributed by atoms with van der Waals surface area (Å²) in [4.78, 5) is 6.17. The summed E-state index contributed by atoms with van der Waals surface area (Å²) in [7, 11) is 5.55. The van der Waals surface area contributed by atoms with Gasteiger partial charge in [-0.15, -0.1) is 0 Å². The maximum atomic E-state index is 12.5. The molecule has 2 radical (unpaired) electrons. The van der Waals surface area contributed by atoms with Crippen LogP contribution in [0.3, 0.4) is 0 Å². The molecule has 0 spiro atoms. The number of benzene rings is 1. The van der Waals surface area contributed by atoms with Crippen LogP contribution in [0.25, 0.3) is 0 Å². The number of halogens is 3. The second kappa shape index (κ2) is 6.24. The molecule has 23 heavy (non-hydrogen) atoms. The Bertz CT molecular complexity index is 653. The molecule has 0 N–H and O–H groups in total. The first-order valence-electron chi connectivity index (χ1n) is 7.17. The summed E-state index contributed by atoms with van der Waals surface area (Å²) in [5, 5.41) is 0. The summed E-state index contributed by atoms with van der Waals surface area (Å²) in [6.07, 6.45) is -2.71. The lowest BCUT2D eigenvalue weighted by Gasteiger charge is -2.38. The highest BCUT2D eigenvalue weighted by molar-refractivity contribution is 6.32. The minimum atomic E-state index is -4.29. The number of hydrogen-bond acceptors (Lipinski definition) is 3. The molecule has 1 saturated heterocycles. The van der Waals surface area contributed by atoms with Crippen molar-refractivity contribution in [3.63, 3.8) is 0 Å². The van der Waals surface area contributed by atoms with Crippen LogP contribution < -0.4 is 10.2 Å². The van der Waals surface area contributed by atoms with Crippen LogP contribution in [0.15, 0.2) is 42.6 Å². The molecule has 0 atom stereocenters. The van der Waals surface area contributed by atoms with E-state index in [-0.39, 0.29) is 6.10 Å². The lowest BCUT2D eigenvalue weighted by Crippen LogP contribution is -2.53. The third kappa shape index (κ3) is 4.04. The Hall–Kier alpha value is -2.02. The van der Waals surface area contributed by atoms with Crippen molar-refractivity contribution in [1.82, 2.24) is 9.88 Å². The monoisotopic (exact) mass is 318 g/mol. The van der Waals surface area contributed by atoms with E-state index in [1.165, 1.54) is 18.3 Å². The number of likely N-dealkylation sites (tertiary alicyclic amines) is 1. The van der Waals surface area contributed by atoms with Gasteiger partial charge in [0.1, 0.15) is 14.0 Å². The van der Waals surface area contributed by atoms with Crippen LogP contribution in [-0.2, 0) is 12.7 Å². The summed E-state index contributed by atoms with van der Waals surface area (Å²) in [6.45, 7) is 2.04. The van der Waals surface area contributed by atoms with E-state index in [9.17, 15) is 13.2 Å². The highest BCUT2D eigenvalue weighted by atomic mass is 19.4. The minimum absolute atomic E-state index is 0.0422. The number of aromatic nitrogens is 1. The number of nitrogens with zero attached hydrogens (tertiary/aromatic N) is 2. The molecule has 1 aromatic carbocycles. The molecule has 1 aliphatic heterocycles. The van der Waals surface area contributed by atoms with Crippen molar-refractivity contribution < 1.29 is 17.9 Å². The fourth-order valence-corrected chi connectivity index (χ4v) is 2.42. The summed E-state index contributed by atoms with van der Waals surface area (Å²) < 4.78 is 43.2. The summed E-state index contributed by atoms with van der Waals surface area (Å²) in [5.74, 6) is 0.526. The molecule has 1 aromatic heterocycles. The third-order valence-corrected chi connectivity index (χ3v) is 3.66. The molecule has 2 aromatic rings. The molecule has 3 rings (SSSR count). The largest absolute Gasteiger partial charge is 0.472 e. The molecule has 7 heteroatoms. The molecule has 0 amide bonds. The number of pyridine rings is 1. The zero-order chi connectivity index (χ0) is 16.4. The first-order chi connectivity index (χ1) is 10.9. The lowest BCUT2D eigenvalue weighted by molar-refractivity contribution is -0.137. The Morgan fingerprint density at radius 1 is 1.13 bits per heavy atom. The molecule has 0 saturated carbocycles. The Morgan fingerprint density at radius 2 is 1.83 bits per heavy atom. The first kappa shape index (κ1) is 15.9. The van der Waals surface area contributed by atoms with Crippen molar-refractivity contribution in [3.05, 3.63) is 53.7 Å². The highest BCUT2D eigenvalue weighted by Gasteiger charge is 2.31. The van der Waals surface area contributed by atoms with Gasteiger partial charge in [0.2, 0.25) is 5.88 Å². The molecular weight excluding hydrogens is 304 g/mol. The normalized spacial score (nSPS) is 16.1. The van der Waals surface area contributed by atoms with Gasteiger partial charge in [-0.25, -0.2) is 4.98 Å². The van der Waals surface area contributed by atoms with Crippen molar-refractivity contribution in [2.24, 2.45) is 0 Å². The van der Waals surface area contributed by atoms with Crippen LogP contribution in [0.2, 0.25) is 0 Å². The Morgan fingerprint density at radius 3 is 2.39 bits per heavy atom. The van der Waals surface area contributed by atoms with E-state index in [1.807, 2.05) is 0 Å². The van der Waals surface area contributed by atoms with Gasteiger partial charge in [-0.2, -0.15) is 13.2 Å². The van der Waals surface area contributed by atoms with Crippen molar-refractivity contribution in [2.45, 2.75) is 18.8 Å². The van der Waals surface area contributed by atoms with Crippen LogP contribution in [0.5, 0.6) is 5.88 Å². The minimum Gasteiger partial charge on any atom is -0.472 e. The number of hydrogen-bond donors (Lipinski definition) is 0. The van der Waals surface area contributed by atoms with Crippen LogP contribution in [0.4, 0.5) is 13.2 Å². The van der Waals surface area contributed by atoms with Gasteiger partial charge in [-0.1, -0.05) is 23.7 Å². The Balaban J connectivity index is 1.47. The average Bonchev–Trinajstić information content (AvgIpc) is 2.47. The van der Waals surface area contributed by atoms with Gasteiger partial charge >= 0.3 is 6.18 Å². The van der Waals surface area contributed by atoms with Crippen LogP contribution >= 0.6 is 0 Å². The summed E-state index contributed by atoms with van der Waals surface area (Å²) in [5.41, 5.74) is 0.803. The van der Waals surface area contributed by atoms with E-state index < -0.39 is 11.7 Å². The second-order valence-corrected chi connectivity index (χ2v) is 5.56. The molecular formula is C16H14BF3N2O. The van der Waals surface area contributed by atoms with Crippen LogP contribution in [0, 0.1) is 0 Å². The standard InChI is InChI=1S/C16H14BF3N2O/c17-13-5-6-15(21-7-13)23-14-9-22(10-14)8-11-1-3-12(4-2-11)16(18,19)20/h1-7,14H,8-10H2. The molecule has 0 aliphatic carbocycles. The molecule has 3 nitrogen and oxygen atoms in total. The van der Waals surface area contributed by atoms with Crippen molar-refractivity contribution in [1.29, 1.82) is 0 Å². The van der Waals surface area contributed by atoms with Crippen molar-refractivity contribution >= 4 is 13.3 Å². The van der Waals surface area contributed by atoms with Crippen LogP contribution in [0.1, 0.15) is 11.1 Å². The van der Waals surface area contributed by atoms with E-state index in [0.717, 1.165) is 17.7 Å². The van der Waals surface area contributed by atoms with Gasteiger partial charge < -0.3 is 4.74 Å². The number of rotatable bonds is 4. The predicted molar refractivity (Wildman–Crippen MR) is 80.8 cm³/mol. The van der Waals surface area contributed by atoms with E-state index in [0.29, 0.717) is 31.0 Å². The van der Waals surface area contributed by atoms with Crippen molar-refractivity contribution in [3.8, 4) is 5.88 Å². The predicted octanol–water partition coefficient (Wildman–Crippen LogP) is 2.16. The molecule has 2 heterocycles. The molecule has 1 fully saturated rings. The zero-order valence-corrected chi connectivity index (χ0v) is 12.3. The Kier molecular flexibility index (Phi) is 4.30. The number of alkyl halides is 3. The molecule has 1 aliphatic rings. The zero-order valence-electron chi connectivity index (χ0n) is 12.3. The maximum absolute atomic E-state index is 12.5. The SMILES string of the molecule is [B]c1ccc(OC2CN(Cc3ccc(C(F)(F)F)cc3)C2)nc1. The number of ether oxygens (including phenoxy) is 1. The lowest BCUT2D eigenvalue weighted by atomic mass is 9.99. The van der Waals surface area contributed by atoms with Crippen LogP contribution in [-0.4, -0.2) is 36.9 Å². The van der Waals surface area contributed by atoms with E-state index in [1.54, 1.807) is 12.1 Å². The van der Waals surface area contributed by atoms with Gasteiger partial charge in [0.25, 0.3) is 0 Å². The smallest absolute Gasteiger partial charge is 0.416 e. The average molecular weight is 318 g/mol. The molecule has 0 unspecified atom stereocenters. The quantitative estimate of drug-likeness (QED) is 0.808.